The van der Waals surface area contributed by atoms with Gasteiger partial charge in [0.1, 0.15) is 10.7 Å². The summed E-state index contributed by atoms with van der Waals surface area (Å²) >= 11 is 5.87. The predicted octanol–water partition coefficient (Wildman–Crippen LogP) is 3.48. The van der Waals surface area contributed by atoms with Crippen molar-refractivity contribution >= 4 is 23.0 Å². The van der Waals surface area contributed by atoms with Crippen LogP contribution in [0.1, 0.15) is 19.8 Å². The molecule has 0 aliphatic carbocycles. The fourth-order valence-corrected chi connectivity index (χ4v) is 2.71. The second-order valence-corrected chi connectivity index (χ2v) is 5.05. The van der Waals surface area contributed by atoms with Crippen molar-refractivity contribution in [3.63, 3.8) is 0 Å². The molecule has 19 heavy (non-hydrogen) atoms. The van der Waals surface area contributed by atoms with Gasteiger partial charge in [0.15, 0.2) is 0 Å². The highest BCUT2D eigenvalue weighted by atomic mass is 35.5. The van der Waals surface area contributed by atoms with Crippen LogP contribution in [0.4, 0.5) is 11.4 Å². The first-order valence-electron chi connectivity index (χ1n) is 6.41. The molecule has 6 heteroatoms. The third kappa shape index (κ3) is 3.16. The third-order valence-electron chi connectivity index (χ3n) is 3.47. The summed E-state index contributed by atoms with van der Waals surface area (Å²) < 4.78 is 5.60. The van der Waals surface area contributed by atoms with E-state index in [1.165, 1.54) is 6.07 Å². The van der Waals surface area contributed by atoms with Gasteiger partial charge in [0.05, 0.1) is 11.0 Å². The Morgan fingerprint density at radius 1 is 1.58 bits per heavy atom. The zero-order valence-electron chi connectivity index (χ0n) is 10.8. The Hall–Kier alpha value is -1.33. The normalized spacial score (nSPS) is 22.4. The molecule has 1 heterocycles. The highest BCUT2D eigenvalue weighted by molar-refractivity contribution is 6.33. The molecule has 0 bridgehead atoms. The number of nitrogens with one attached hydrogen (secondary N) is 1. The van der Waals surface area contributed by atoms with E-state index in [-0.39, 0.29) is 16.8 Å². The van der Waals surface area contributed by atoms with Crippen LogP contribution in [0.2, 0.25) is 5.02 Å². The predicted molar refractivity (Wildman–Crippen MR) is 74.7 cm³/mol. The average Bonchev–Trinajstić information content (AvgIpc) is 2.83. The minimum atomic E-state index is -0.451. The van der Waals surface area contributed by atoms with E-state index < -0.39 is 4.92 Å². The Morgan fingerprint density at radius 3 is 3.05 bits per heavy atom. The number of nitrogens with zero attached hydrogens (tertiary/aromatic N) is 1. The lowest BCUT2D eigenvalue weighted by Gasteiger charge is -2.18. The number of rotatable bonds is 5. The molecule has 1 aromatic carbocycles. The summed E-state index contributed by atoms with van der Waals surface area (Å²) in [5.74, 6) is 0.392. The van der Waals surface area contributed by atoms with Crippen molar-refractivity contribution < 1.29 is 9.66 Å². The van der Waals surface area contributed by atoms with E-state index in [1.807, 2.05) is 0 Å². The van der Waals surface area contributed by atoms with Gasteiger partial charge in [0.25, 0.3) is 0 Å². The molecule has 5 nitrogen and oxygen atoms in total. The number of hydrogen-bond donors (Lipinski definition) is 1. The molecule has 2 atom stereocenters. The van der Waals surface area contributed by atoms with Gasteiger partial charge >= 0.3 is 5.69 Å². The molecular formula is C13H17ClN2O3. The van der Waals surface area contributed by atoms with E-state index >= 15 is 0 Å². The maximum Gasteiger partial charge on any atom is 0.310 e. The molecule has 0 spiro atoms. The van der Waals surface area contributed by atoms with Gasteiger partial charge in [-0.3, -0.25) is 10.1 Å². The summed E-state index contributed by atoms with van der Waals surface area (Å²) in [6.07, 6.45) is 2.19. The fraction of sp³-hybridized carbons (Fsp3) is 0.538. The van der Waals surface area contributed by atoms with Gasteiger partial charge in [-0.1, -0.05) is 24.6 Å². The number of halogens is 1. The first-order chi connectivity index (χ1) is 9.13. The molecule has 1 saturated heterocycles. The Labute approximate surface area is 117 Å². The highest BCUT2D eigenvalue weighted by Gasteiger charge is 2.27. The topological polar surface area (TPSA) is 64.4 Å². The van der Waals surface area contributed by atoms with Crippen LogP contribution in [0.15, 0.2) is 18.2 Å². The standard InChI is InChI=1S/C13H17ClN2O3/c1-2-12-9(6-7-19-12)8-15-11-5-3-4-10(14)13(11)16(17)18/h3-5,9,12,15H,2,6-8H2,1H3. The summed E-state index contributed by atoms with van der Waals surface area (Å²) in [4.78, 5) is 10.6. The van der Waals surface area contributed by atoms with Gasteiger partial charge in [-0.05, 0) is 25.0 Å². The van der Waals surface area contributed by atoms with E-state index in [4.69, 9.17) is 16.3 Å². The van der Waals surface area contributed by atoms with Crippen LogP contribution < -0.4 is 5.32 Å². The summed E-state index contributed by atoms with van der Waals surface area (Å²) in [5.41, 5.74) is 0.412. The number of anilines is 1. The van der Waals surface area contributed by atoms with Crippen LogP contribution in [-0.2, 0) is 4.74 Å². The maximum atomic E-state index is 11.0. The lowest BCUT2D eigenvalue weighted by atomic mass is 9.99. The van der Waals surface area contributed by atoms with Gasteiger partial charge in [-0.15, -0.1) is 0 Å². The number of para-hydroxylation sites is 1. The molecule has 2 rings (SSSR count). The van der Waals surface area contributed by atoms with Crippen LogP contribution in [0.5, 0.6) is 0 Å². The summed E-state index contributed by atoms with van der Waals surface area (Å²) in [5, 5.41) is 14.3. The summed E-state index contributed by atoms with van der Waals surface area (Å²) in [7, 11) is 0. The van der Waals surface area contributed by atoms with E-state index in [0.717, 1.165) is 19.4 Å². The van der Waals surface area contributed by atoms with Gasteiger partial charge in [-0.25, -0.2) is 0 Å². The zero-order valence-corrected chi connectivity index (χ0v) is 11.5. The third-order valence-corrected chi connectivity index (χ3v) is 3.78. The first-order valence-corrected chi connectivity index (χ1v) is 6.79. The second kappa shape index (κ2) is 6.21. The van der Waals surface area contributed by atoms with E-state index in [9.17, 15) is 10.1 Å². The summed E-state index contributed by atoms with van der Waals surface area (Å²) in [6.45, 7) is 3.52. The second-order valence-electron chi connectivity index (χ2n) is 4.64. The van der Waals surface area contributed by atoms with Crippen LogP contribution in [0.25, 0.3) is 0 Å². The van der Waals surface area contributed by atoms with Gasteiger partial charge in [0.2, 0.25) is 0 Å². The molecule has 2 unspecified atom stereocenters. The first kappa shape index (κ1) is 14.1. The molecule has 0 amide bonds. The fourth-order valence-electron chi connectivity index (χ4n) is 2.46. The van der Waals surface area contributed by atoms with Crippen molar-refractivity contribution in [1.29, 1.82) is 0 Å². The Balaban J connectivity index is 2.07. The van der Waals surface area contributed by atoms with E-state index in [0.29, 0.717) is 18.2 Å². The average molecular weight is 285 g/mol. The number of benzene rings is 1. The molecule has 1 aliphatic heterocycles. The molecule has 104 valence electrons. The van der Waals surface area contributed by atoms with Gasteiger partial charge in [-0.2, -0.15) is 0 Å². The molecule has 0 saturated carbocycles. The maximum absolute atomic E-state index is 11.0. The number of nitro groups is 1. The smallest absolute Gasteiger partial charge is 0.310 e. The number of nitro benzene ring substituents is 1. The Morgan fingerprint density at radius 2 is 2.37 bits per heavy atom. The van der Waals surface area contributed by atoms with Gasteiger partial charge in [0, 0.05) is 19.1 Å². The molecular weight excluding hydrogens is 268 g/mol. The number of hydrogen-bond acceptors (Lipinski definition) is 4. The SMILES string of the molecule is CCC1OCCC1CNc1cccc(Cl)c1[N+](=O)[O-]. The molecule has 0 aromatic heterocycles. The number of ether oxygens (including phenoxy) is 1. The van der Waals surface area contributed by atoms with Crippen molar-refractivity contribution in [2.75, 3.05) is 18.5 Å². The molecule has 1 N–H and O–H groups in total. The van der Waals surface area contributed by atoms with Gasteiger partial charge < -0.3 is 10.1 Å². The minimum Gasteiger partial charge on any atom is -0.379 e. The molecule has 1 fully saturated rings. The van der Waals surface area contributed by atoms with Crippen LogP contribution in [-0.4, -0.2) is 24.2 Å². The van der Waals surface area contributed by atoms with Crippen LogP contribution in [0, 0.1) is 16.0 Å². The van der Waals surface area contributed by atoms with Crippen molar-refractivity contribution in [2.24, 2.45) is 5.92 Å². The molecule has 1 aliphatic rings. The quantitative estimate of drug-likeness (QED) is 0.664. The Kier molecular flexibility index (Phi) is 4.61. The van der Waals surface area contributed by atoms with Crippen molar-refractivity contribution in [2.45, 2.75) is 25.9 Å². The van der Waals surface area contributed by atoms with E-state index in [1.54, 1.807) is 12.1 Å². The largest absolute Gasteiger partial charge is 0.379 e. The lowest BCUT2D eigenvalue weighted by molar-refractivity contribution is -0.383. The zero-order chi connectivity index (χ0) is 13.8. The Bertz CT molecular complexity index is 467. The van der Waals surface area contributed by atoms with Crippen molar-refractivity contribution in [3.8, 4) is 0 Å². The van der Waals surface area contributed by atoms with Crippen molar-refractivity contribution in [3.05, 3.63) is 33.3 Å². The summed E-state index contributed by atoms with van der Waals surface area (Å²) in [6, 6.07) is 4.92. The van der Waals surface area contributed by atoms with Crippen molar-refractivity contribution in [1.82, 2.24) is 0 Å². The minimum absolute atomic E-state index is 0.0591. The monoisotopic (exact) mass is 284 g/mol. The van der Waals surface area contributed by atoms with E-state index in [2.05, 4.69) is 12.2 Å². The van der Waals surface area contributed by atoms with Crippen LogP contribution in [0.3, 0.4) is 0 Å². The highest BCUT2D eigenvalue weighted by Crippen LogP contribution is 2.33. The molecule has 1 aromatic rings. The van der Waals surface area contributed by atoms with Crippen LogP contribution >= 0.6 is 11.6 Å². The molecule has 0 radical (unpaired) electrons. The lowest BCUT2D eigenvalue weighted by Crippen LogP contribution is -2.23.